The van der Waals surface area contributed by atoms with Crippen molar-refractivity contribution in [2.24, 2.45) is 5.41 Å². The fourth-order valence-corrected chi connectivity index (χ4v) is 2.39. The van der Waals surface area contributed by atoms with Crippen LogP contribution in [0, 0.1) is 5.41 Å². The molecule has 17 heavy (non-hydrogen) atoms. The number of anilines is 1. The minimum atomic E-state index is 0.148. The average molecular weight is 257 g/mol. The lowest BCUT2D eigenvalue weighted by Crippen LogP contribution is -2.31. The fraction of sp³-hybridized carbons (Fsp3) is 0.727. The number of halogens is 1. The number of hydrogen-bond donors (Lipinski definition) is 1. The van der Waals surface area contributed by atoms with Crippen molar-refractivity contribution in [3.63, 3.8) is 0 Å². The molecular weight excluding hydrogens is 240 g/mol. The summed E-state index contributed by atoms with van der Waals surface area (Å²) in [5.41, 5.74) is 0.256. The molecule has 1 heterocycles. The maximum absolute atomic E-state index is 5.80. The molecule has 1 aromatic rings. The van der Waals surface area contributed by atoms with E-state index < -0.39 is 0 Å². The van der Waals surface area contributed by atoms with Gasteiger partial charge >= 0.3 is 6.01 Å². The number of rotatable bonds is 3. The molecule has 0 saturated heterocycles. The van der Waals surface area contributed by atoms with Crippen LogP contribution in [0.3, 0.4) is 0 Å². The zero-order valence-electron chi connectivity index (χ0n) is 10.3. The van der Waals surface area contributed by atoms with Crippen molar-refractivity contribution in [1.29, 1.82) is 0 Å². The second-order valence-electron chi connectivity index (χ2n) is 4.99. The number of ether oxygens (including phenoxy) is 1. The van der Waals surface area contributed by atoms with Crippen LogP contribution in [0.15, 0.2) is 0 Å². The quantitative estimate of drug-likeness (QED) is 0.901. The molecule has 0 aromatic carbocycles. The van der Waals surface area contributed by atoms with Crippen LogP contribution in [0.5, 0.6) is 6.01 Å². The van der Waals surface area contributed by atoms with E-state index >= 15 is 0 Å². The lowest BCUT2D eigenvalue weighted by atomic mass is 9.87. The standard InChI is InChI=1S/C11H17ClN4O/c1-11(2)6-4-5-7(11)13-9-14-8(12)15-10(16-9)17-3/h7H,4-6H2,1-3H3,(H,13,14,15,16). The topological polar surface area (TPSA) is 59.9 Å². The molecule has 94 valence electrons. The van der Waals surface area contributed by atoms with Crippen molar-refractivity contribution < 1.29 is 4.74 Å². The van der Waals surface area contributed by atoms with Gasteiger partial charge in [-0.1, -0.05) is 20.3 Å². The van der Waals surface area contributed by atoms with Crippen LogP contribution >= 0.6 is 11.6 Å². The van der Waals surface area contributed by atoms with E-state index in [1.165, 1.54) is 20.0 Å². The molecule has 1 fully saturated rings. The Balaban J connectivity index is 2.15. The third kappa shape index (κ3) is 2.77. The van der Waals surface area contributed by atoms with Gasteiger partial charge in [-0.15, -0.1) is 0 Å². The summed E-state index contributed by atoms with van der Waals surface area (Å²) < 4.78 is 4.97. The molecule has 1 unspecified atom stereocenters. The highest BCUT2D eigenvalue weighted by atomic mass is 35.5. The van der Waals surface area contributed by atoms with Crippen LogP contribution in [-0.2, 0) is 0 Å². The summed E-state index contributed by atoms with van der Waals surface area (Å²) >= 11 is 5.80. The first kappa shape index (κ1) is 12.4. The van der Waals surface area contributed by atoms with Crippen molar-refractivity contribution in [3.05, 3.63) is 5.28 Å². The van der Waals surface area contributed by atoms with Gasteiger partial charge in [-0.2, -0.15) is 15.0 Å². The van der Waals surface area contributed by atoms with Gasteiger partial charge in [-0.25, -0.2) is 0 Å². The van der Waals surface area contributed by atoms with Crippen LogP contribution in [-0.4, -0.2) is 28.1 Å². The molecule has 5 nitrogen and oxygen atoms in total. The maximum atomic E-state index is 5.80. The van der Waals surface area contributed by atoms with E-state index in [2.05, 4.69) is 34.1 Å². The van der Waals surface area contributed by atoms with Gasteiger partial charge in [0.15, 0.2) is 0 Å². The van der Waals surface area contributed by atoms with E-state index in [-0.39, 0.29) is 16.7 Å². The normalized spacial score (nSPS) is 22.5. The van der Waals surface area contributed by atoms with Gasteiger partial charge in [0.05, 0.1) is 7.11 Å². The highest BCUT2D eigenvalue weighted by Gasteiger charge is 2.34. The molecule has 0 spiro atoms. The average Bonchev–Trinajstić information content (AvgIpc) is 2.57. The number of methoxy groups -OCH3 is 1. The van der Waals surface area contributed by atoms with E-state index in [0.29, 0.717) is 12.0 Å². The summed E-state index contributed by atoms with van der Waals surface area (Å²) in [5, 5.41) is 3.47. The summed E-state index contributed by atoms with van der Waals surface area (Å²) in [6.45, 7) is 4.50. The van der Waals surface area contributed by atoms with Crippen LogP contribution in [0.25, 0.3) is 0 Å². The van der Waals surface area contributed by atoms with E-state index in [4.69, 9.17) is 16.3 Å². The van der Waals surface area contributed by atoms with Crippen LogP contribution in [0.4, 0.5) is 5.95 Å². The van der Waals surface area contributed by atoms with Gasteiger partial charge in [0.1, 0.15) is 0 Å². The fourth-order valence-electron chi connectivity index (χ4n) is 2.24. The maximum Gasteiger partial charge on any atom is 0.322 e. The minimum Gasteiger partial charge on any atom is -0.467 e. The molecule has 1 aliphatic carbocycles. The highest BCUT2D eigenvalue weighted by molar-refractivity contribution is 6.28. The third-order valence-electron chi connectivity index (χ3n) is 3.33. The lowest BCUT2D eigenvalue weighted by Gasteiger charge is -2.27. The van der Waals surface area contributed by atoms with Gasteiger partial charge in [-0.05, 0) is 29.9 Å². The summed E-state index contributed by atoms with van der Waals surface area (Å²) in [4.78, 5) is 12.0. The first-order valence-corrected chi connectivity index (χ1v) is 6.11. The summed E-state index contributed by atoms with van der Waals surface area (Å²) in [6.07, 6.45) is 3.56. The van der Waals surface area contributed by atoms with Gasteiger partial charge < -0.3 is 10.1 Å². The molecule has 1 aliphatic rings. The second kappa shape index (κ2) is 4.64. The third-order valence-corrected chi connectivity index (χ3v) is 3.50. The molecule has 0 aliphatic heterocycles. The monoisotopic (exact) mass is 256 g/mol. The Morgan fingerprint density at radius 1 is 1.35 bits per heavy atom. The number of nitrogens with one attached hydrogen (secondary N) is 1. The molecule has 0 bridgehead atoms. The van der Waals surface area contributed by atoms with Crippen molar-refractivity contribution in [2.75, 3.05) is 12.4 Å². The Kier molecular flexibility index (Phi) is 3.38. The van der Waals surface area contributed by atoms with Gasteiger partial charge in [0.25, 0.3) is 0 Å². The molecular formula is C11H17ClN4O. The lowest BCUT2D eigenvalue weighted by molar-refractivity contribution is 0.346. The smallest absolute Gasteiger partial charge is 0.322 e. The second-order valence-corrected chi connectivity index (χ2v) is 5.33. The van der Waals surface area contributed by atoms with E-state index in [9.17, 15) is 0 Å². The van der Waals surface area contributed by atoms with Crippen molar-refractivity contribution in [1.82, 2.24) is 15.0 Å². The molecule has 1 N–H and O–H groups in total. The summed E-state index contributed by atoms with van der Waals surface area (Å²) in [6, 6.07) is 0.606. The Hall–Kier alpha value is -1.10. The van der Waals surface area contributed by atoms with E-state index in [1.807, 2.05) is 0 Å². The molecule has 1 saturated carbocycles. The number of aromatic nitrogens is 3. The predicted molar refractivity (Wildman–Crippen MR) is 66.4 cm³/mol. The first-order chi connectivity index (χ1) is 8.01. The van der Waals surface area contributed by atoms with Gasteiger partial charge in [0, 0.05) is 6.04 Å². The summed E-state index contributed by atoms with van der Waals surface area (Å²) in [5.74, 6) is 0.488. The van der Waals surface area contributed by atoms with Gasteiger partial charge in [-0.3, -0.25) is 0 Å². The van der Waals surface area contributed by atoms with E-state index in [0.717, 1.165) is 6.42 Å². The Morgan fingerprint density at radius 2 is 2.12 bits per heavy atom. The Morgan fingerprint density at radius 3 is 2.71 bits per heavy atom. The van der Waals surface area contributed by atoms with Crippen molar-refractivity contribution in [3.8, 4) is 6.01 Å². The van der Waals surface area contributed by atoms with Crippen molar-refractivity contribution in [2.45, 2.75) is 39.2 Å². The number of nitrogens with zero attached hydrogens (tertiary/aromatic N) is 3. The van der Waals surface area contributed by atoms with Crippen molar-refractivity contribution >= 4 is 17.5 Å². The highest BCUT2D eigenvalue weighted by Crippen LogP contribution is 2.38. The molecule has 2 rings (SSSR count). The Labute approximate surface area is 106 Å². The SMILES string of the molecule is COc1nc(Cl)nc(NC2CCCC2(C)C)n1. The van der Waals surface area contributed by atoms with E-state index in [1.54, 1.807) is 0 Å². The molecule has 1 aromatic heterocycles. The van der Waals surface area contributed by atoms with Gasteiger partial charge in [0.2, 0.25) is 11.2 Å². The zero-order valence-corrected chi connectivity index (χ0v) is 11.1. The van der Waals surface area contributed by atoms with Crippen LogP contribution in [0.1, 0.15) is 33.1 Å². The largest absolute Gasteiger partial charge is 0.467 e. The molecule has 6 heteroatoms. The predicted octanol–water partition coefficient (Wildman–Crippen LogP) is 2.52. The molecule has 0 amide bonds. The minimum absolute atomic E-state index is 0.148. The summed E-state index contributed by atoms with van der Waals surface area (Å²) in [7, 11) is 1.51. The number of hydrogen-bond acceptors (Lipinski definition) is 5. The van der Waals surface area contributed by atoms with Crippen LogP contribution in [0.2, 0.25) is 5.28 Å². The Bertz CT molecular complexity index is 410. The van der Waals surface area contributed by atoms with Crippen LogP contribution < -0.4 is 10.1 Å². The molecule has 1 atom stereocenters. The first-order valence-electron chi connectivity index (χ1n) is 5.73. The molecule has 0 radical (unpaired) electrons. The zero-order chi connectivity index (χ0) is 12.5.